The van der Waals surface area contributed by atoms with Gasteiger partial charge in [0.05, 0.1) is 7.11 Å². The largest absolute Gasteiger partial charge is 0.466 e. The Kier molecular flexibility index (Phi) is 3.20. The van der Waals surface area contributed by atoms with Crippen LogP contribution >= 0.6 is 0 Å². The summed E-state index contributed by atoms with van der Waals surface area (Å²) in [4.78, 5) is 10.7. The van der Waals surface area contributed by atoms with Crippen molar-refractivity contribution in [2.24, 2.45) is 0 Å². The minimum absolute atomic E-state index is 0.296. The van der Waals surface area contributed by atoms with Crippen LogP contribution in [0, 0.1) is 5.82 Å². The summed E-state index contributed by atoms with van der Waals surface area (Å²) in [6.07, 6.45) is 2.85. The zero-order chi connectivity index (χ0) is 9.68. The molecule has 0 fully saturated rings. The number of methoxy groups -OCH3 is 1. The third kappa shape index (κ3) is 3.07. The zero-order valence-electron chi connectivity index (χ0n) is 7.16. The maximum absolute atomic E-state index is 12.4. The van der Waals surface area contributed by atoms with Gasteiger partial charge in [0.2, 0.25) is 0 Å². The van der Waals surface area contributed by atoms with Crippen molar-refractivity contribution in [3.05, 3.63) is 41.7 Å². The van der Waals surface area contributed by atoms with Gasteiger partial charge in [-0.2, -0.15) is 0 Å². The Bertz CT molecular complexity index is 314. The number of hydrogen-bond donors (Lipinski definition) is 0. The number of halogens is 1. The van der Waals surface area contributed by atoms with Crippen LogP contribution in [0.25, 0.3) is 6.08 Å². The summed E-state index contributed by atoms with van der Waals surface area (Å²) in [5.41, 5.74) is 0.756. The normalized spacial score (nSPS) is 10.3. The molecule has 0 bridgehead atoms. The molecule has 0 aromatic heterocycles. The van der Waals surface area contributed by atoms with Crippen molar-refractivity contribution in [2.45, 2.75) is 0 Å². The number of hydrogen-bond acceptors (Lipinski definition) is 2. The van der Waals surface area contributed by atoms with Gasteiger partial charge < -0.3 is 4.74 Å². The highest BCUT2D eigenvalue weighted by atomic mass is 19.1. The van der Waals surface area contributed by atoms with Crippen LogP contribution in [-0.4, -0.2) is 13.1 Å². The molecule has 0 unspecified atom stereocenters. The lowest BCUT2D eigenvalue weighted by Gasteiger charge is -1.92. The maximum atomic E-state index is 12.4. The van der Waals surface area contributed by atoms with Gasteiger partial charge in [-0.05, 0) is 23.8 Å². The fourth-order valence-electron chi connectivity index (χ4n) is 0.806. The third-order valence-electron chi connectivity index (χ3n) is 1.48. The van der Waals surface area contributed by atoms with E-state index in [0.29, 0.717) is 0 Å². The second kappa shape index (κ2) is 4.40. The zero-order valence-corrected chi connectivity index (χ0v) is 7.16. The monoisotopic (exact) mass is 180 g/mol. The molecule has 0 saturated carbocycles. The second-order valence-corrected chi connectivity index (χ2v) is 2.41. The maximum Gasteiger partial charge on any atom is 0.330 e. The summed E-state index contributed by atoms with van der Waals surface area (Å²) >= 11 is 0. The molecule has 0 atom stereocenters. The van der Waals surface area contributed by atoms with E-state index >= 15 is 0 Å². The molecule has 1 aromatic carbocycles. The first kappa shape index (κ1) is 9.45. The van der Waals surface area contributed by atoms with Crippen molar-refractivity contribution in [2.75, 3.05) is 7.11 Å². The van der Waals surface area contributed by atoms with E-state index in [1.54, 1.807) is 18.2 Å². The van der Waals surface area contributed by atoms with Gasteiger partial charge in [-0.1, -0.05) is 12.1 Å². The molecule has 1 rings (SSSR count). The molecular formula is C10H9FO2. The highest BCUT2D eigenvalue weighted by molar-refractivity contribution is 5.86. The quantitative estimate of drug-likeness (QED) is 0.514. The van der Waals surface area contributed by atoms with Crippen LogP contribution in [0.15, 0.2) is 30.3 Å². The Morgan fingerprint density at radius 2 is 2.00 bits per heavy atom. The van der Waals surface area contributed by atoms with Gasteiger partial charge in [-0.3, -0.25) is 0 Å². The summed E-state index contributed by atoms with van der Waals surface area (Å²) in [5, 5.41) is 0. The Hall–Kier alpha value is -1.64. The first-order valence-corrected chi connectivity index (χ1v) is 3.74. The number of esters is 1. The van der Waals surface area contributed by atoms with Crippen LogP contribution in [0.2, 0.25) is 0 Å². The van der Waals surface area contributed by atoms with Gasteiger partial charge in [0, 0.05) is 6.08 Å². The van der Waals surface area contributed by atoms with E-state index in [1.165, 1.54) is 25.3 Å². The molecule has 2 nitrogen and oxygen atoms in total. The minimum Gasteiger partial charge on any atom is -0.466 e. The fraction of sp³-hybridized carbons (Fsp3) is 0.100. The molecule has 0 aliphatic heterocycles. The van der Waals surface area contributed by atoms with Crippen molar-refractivity contribution in [3.63, 3.8) is 0 Å². The van der Waals surface area contributed by atoms with E-state index in [0.717, 1.165) is 5.56 Å². The fourth-order valence-corrected chi connectivity index (χ4v) is 0.806. The van der Waals surface area contributed by atoms with Crippen LogP contribution in [0.3, 0.4) is 0 Å². The van der Waals surface area contributed by atoms with Crippen LogP contribution in [-0.2, 0) is 9.53 Å². The Morgan fingerprint density at radius 1 is 1.38 bits per heavy atom. The van der Waals surface area contributed by atoms with E-state index in [-0.39, 0.29) is 5.82 Å². The van der Waals surface area contributed by atoms with Gasteiger partial charge in [0.15, 0.2) is 0 Å². The Morgan fingerprint density at radius 3 is 2.54 bits per heavy atom. The number of carbonyl (C=O) groups is 1. The molecule has 0 radical (unpaired) electrons. The van der Waals surface area contributed by atoms with Crippen molar-refractivity contribution >= 4 is 12.0 Å². The molecule has 0 aliphatic carbocycles. The van der Waals surface area contributed by atoms with Crippen molar-refractivity contribution in [1.82, 2.24) is 0 Å². The van der Waals surface area contributed by atoms with Gasteiger partial charge in [0.1, 0.15) is 5.82 Å². The molecule has 0 saturated heterocycles. The van der Waals surface area contributed by atoms with E-state index in [9.17, 15) is 9.18 Å². The van der Waals surface area contributed by atoms with Gasteiger partial charge in [0.25, 0.3) is 0 Å². The van der Waals surface area contributed by atoms with E-state index < -0.39 is 5.97 Å². The summed E-state index contributed by atoms with van der Waals surface area (Å²) in [6.45, 7) is 0. The Balaban J connectivity index is 2.69. The molecule has 68 valence electrons. The Labute approximate surface area is 75.6 Å². The molecule has 0 N–H and O–H groups in total. The molecule has 3 heteroatoms. The van der Waals surface area contributed by atoms with E-state index in [2.05, 4.69) is 4.74 Å². The van der Waals surface area contributed by atoms with Gasteiger partial charge in [-0.15, -0.1) is 0 Å². The van der Waals surface area contributed by atoms with Gasteiger partial charge in [-0.25, -0.2) is 9.18 Å². The molecule has 0 aliphatic rings. The van der Waals surface area contributed by atoms with E-state index in [1.807, 2.05) is 0 Å². The van der Waals surface area contributed by atoms with Crippen molar-refractivity contribution in [1.29, 1.82) is 0 Å². The van der Waals surface area contributed by atoms with Crippen LogP contribution < -0.4 is 0 Å². The number of carbonyl (C=O) groups excluding carboxylic acids is 1. The first-order chi connectivity index (χ1) is 6.22. The summed E-state index contributed by atoms with van der Waals surface area (Å²) in [7, 11) is 1.30. The molecule has 0 heterocycles. The lowest BCUT2D eigenvalue weighted by atomic mass is 10.2. The average Bonchev–Trinajstić information content (AvgIpc) is 2.16. The molecule has 1 aromatic rings. The predicted molar refractivity (Wildman–Crippen MR) is 47.5 cm³/mol. The first-order valence-electron chi connectivity index (χ1n) is 3.74. The SMILES string of the molecule is COC(=O)/C=C\c1ccc(F)cc1. The standard InChI is InChI=1S/C10H9FO2/c1-13-10(12)7-4-8-2-5-9(11)6-3-8/h2-7H,1H3/b7-4-. The smallest absolute Gasteiger partial charge is 0.330 e. The molecule has 13 heavy (non-hydrogen) atoms. The highest BCUT2D eigenvalue weighted by Gasteiger charge is 1.92. The lowest BCUT2D eigenvalue weighted by molar-refractivity contribution is -0.134. The average molecular weight is 180 g/mol. The molecular weight excluding hydrogens is 171 g/mol. The van der Waals surface area contributed by atoms with Gasteiger partial charge >= 0.3 is 5.97 Å². The topological polar surface area (TPSA) is 26.3 Å². The number of benzene rings is 1. The second-order valence-electron chi connectivity index (χ2n) is 2.41. The molecule has 0 amide bonds. The number of ether oxygens (including phenoxy) is 1. The lowest BCUT2D eigenvalue weighted by Crippen LogP contribution is -1.93. The van der Waals surface area contributed by atoms with Crippen LogP contribution in [0.1, 0.15) is 5.56 Å². The number of rotatable bonds is 2. The van der Waals surface area contributed by atoms with Crippen molar-refractivity contribution in [3.8, 4) is 0 Å². The minimum atomic E-state index is -0.427. The highest BCUT2D eigenvalue weighted by Crippen LogP contribution is 2.04. The third-order valence-corrected chi connectivity index (χ3v) is 1.48. The summed E-state index contributed by atoms with van der Waals surface area (Å²) in [5.74, 6) is -0.723. The van der Waals surface area contributed by atoms with Crippen LogP contribution in [0.5, 0.6) is 0 Å². The van der Waals surface area contributed by atoms with Crippen LogP contribution in [0.4, 0.5) is 4.39 Å². The molecule has 0 spiro atoms. The predicted octanol–water partition coefficient (Wildman–Crippen LogP) is 2.01. The van der Waals surface area contributed by atoms with E-state index in [4.69, 9.17) is 0 Å². The summed E-state index contributed by atoms with van der Waals surface area (Å²) in [6, 6.07) is 5.82. The van der Waals surface area contributed by atoms with Crippen molar-refractivity contribution < 1.29 is 13.9 Å². The summed E-state index contributed by atoms with van der Waals surface area (Å²) < 4.78 is 16.8.